The van der Waals surface area contributed by atoms with Gasteiger partial charge < -0.3 is 4.74 Å². The summed E-state index contributed by atoms with van der Waals surface area (Å²) in [6, 6.07) is 24.7. The van der Waals surface area contributed by atoms with Gasteiger partial charge in [-0.1, -0.05) is 18.2 Å². The molecule has 9 rings (SSSR count). The molecule has 2 saturated heterocycles. The Morgan fingerprint density at radius 1 is 0.650 bits per heavy atom. The second-order valence-corrected chi connectivity index (χ2v) is 49.3. The molecular weight excluding hydrogens is 1190 g/mol. The van der Waals surface area contributed by atoms with Crippen molar-refractivity contribution < 1.29 is 44.3 Å². The fraction of sp³-hybridized carbons (Fsp3) is 0.464. The minimum atomic E-state index is -4.25. The molecule has 3 aliphatic rings. The third-order valence-corrected chi connectivity index (χ3v) is 26.2. The zero-order chi connectivity index (χ0) is 58.6. The van der Waals surface area contributed by atoms with E-state index in [0.29, 0.717) is 41.7 Å². The maximum atomic E-state index is 13.7. The van der Waals surface area contributed by atoms with E-state index in [2.05, 4.69) is 81.7 Å². The standard InChI is InChI=1S/C31H40F3GeN5O4S.C25H33GeN5O3S/c1-21-19-29(2,3)39(20-21)27-22(28(41)38-45(42,43)24-10-8-7-9-23(24)35(4,5)6)11-12-25(36-27)40-17-13-26(37-40)44-18-16-30(14-15-30)31(32,33)34;1-18-16-25(2,3)30(17-18)23-20(24(32)29-35(33,34)19-10-8-7-9-11-19)12-13-22(27-23)31-15-14-21(28-31)26(4,5)6/h7-13,17,21H,14-16,18-20H2,1-6H3,(H,38,41);7-15,18H,16-17H2,1-6H3,(H,29,32)/t21-;18-/m00/s1. The van der Waals surface area contributed by atoms with Crippen LogP contribution in [0, 0.1) is 17.3 Å². The van der Waals surface area contributed by atoms with E-state index in [4.69, 9.17) is 19.8 Å². The van der Waals surface area contributed by atoms with Gasteiger partial charge in [-0.05, 0) is 19.3 Å². The molecule has 1 aliphatic carbocycles. The SMILES string of the molecule is C[C@@H]1CN(c2nc(-n3cc[c]([Ge]([CH3])([CH3])[CH3])n3)ccc2C(=O)NS(=O)(=O)c2ccccc2)C(C)(C)C1.C[C@@H]1CN(c2nc(-n3ccc(OCCC4(C(F)(F)F)CC4)n3)ccc2C(=O)NS(=O)(=O)c2cccc[c]2[Ge]([CH3])([CH3])[CH3])C(C)(C)C1. The van der Waals surface area contributed by atoms with E-state index in [1.54, 1.807) is 59.4 Å². The van der Waals surface area contributed by atoms with Gasteiger partial charge in [0.2, 0.25) is 0 Å². The van der Waals surface area contributed by atoms with E-state index in [1.165, 1.54) is 28.9 Å². The summed E-state index contributed by atoms with van der Waals surface area (Å²) >= 11 is -4.74. The Kier molecular flexibility index (Phi) is 16.8. The molecule has 2 N–H and O–H groups in total. The number of aromatic nitrogens is 6. The second-order valence-electron chi connectivity index (χ2n) is 24.8. The van der Waals surface area contributed by atoms with Gasteiger partial charge in [-0.2, -0.15) is 13.2 Å². The minimum absolute atomic E-state index is 0.0338. The summed E-state index contributed by atoms with van der Waals surface area (Å²) in [6.07, 6.45) is 1.09. The van der Waals surface area contributed by atoms with Crippen LogP contribution < -0.4 is 32.9 Å². The van der Waals surface area contributed by atoms with Gasteiger partial charge in [-0.15, -0.1) is 0 Å². The molecule has 0 unspecified atom stereocenters. The third kappa shape index (κ3) is 13.3. The van der Waals surface area contributed by atoms with Crippen molar-refractivity contribution in [1.82, 2.24) is 39.0 Å². The van der Waals surface area contributed by atoms with Crippen LogP contribution in [0.15, 0.2) is 113 Å². The number of anilines is 2. The molecule has 2 amide bonds. The zero-order valence-corrected chi connectivity index (χ0v) is 53.3. The van der Waals surface area contributed by atoms with Gasteiger partial charge >= 0.3 is 409 Å². The first-order valence-electron chi connectivity index (χ1n) is 26.8. The van der Waals surface area contributed by atoms with Crippen LogP contribution in [-0.2, 0) is 20.0 Å². The molecule has 6 aromatic rings. The molecule has 2 aromatic carbocycles. The molecule has 0 spiro atoms. The van der Waals surface area contributed by atoms with E-state index in [9.17, 15) is 39.6 Å². The normalized spacial score (nSPS) is 18.8. The van der Waals surface area contributed by atoms with E-state index < -0.39 is 70.0 Å². The van der Waals surface area contributed by atoms with Crippen LogP contribution in [0.2, 0.25) is 34.5 Å². The first kappa shape index (κ1) is 60.4. The number of carbonyl (C=O) groups excluding carboxylic acids is 2. The number of hydrogen-bond donors (Lipinski definition) is 2. The number of ether oxygens (including phenoxy) is 1. The van der Waals surface area contributed by atoms with E-state index in [1.807, 2.05) is 43.1 Å². The monoisotopic (exact) mass is 1270 g/mol. The quantitative estimate of drug-likeness (QED) is 0.0869. The van der Waals surface area contributed by atoms with Crippen molar-refractivity contribution in [3.63, 3.8) is 0 Å². The number of halogens is 3. The topological polar surface area (TPSA) is 204 Å². The van der Waals surface area contributed by atoms with Crippen LogP contribution in [0.5, 0.6) is 5.88 Å². The number of pyridine rings is 2. The number of rotatable bonds is 16. The third-order valence-electron chi connectivity index (χ3n) is 15.0. The first-order valence-corrected chi connectivity index (χ1v) is 44.4. The van der Waals surface area contributed by atoms with Crippen molar-refractivity contribution in [3.8, 4) is 17.5 Å². The molecule has 6 heterocycles. The Balaban J connectivity index is 0.000000217. The molecular formula is C56H73F3Ge2N10O7S2. The van der Waals surface area contributed by atoms with Crippen molar-refractivity contribution in [1.29, 1.82) is 0 Å². The summed E-state index contributed by atoms with van der Waals surface area (Å²) in [4.78, 5) is 41.0. The fourth-order valence-electron chi connectivity index (χ4n) is 10.7. The van der Waals surface area contributed by atoms with Crippen LogP contribution in [0.1, 0.15) is 94.4 Å². The number of amides is 2. The second kappa shape index (κ2) is 22.2. The summed E-state index contributed by atoms with van der Waals surface area (Å²) in [6.45, 7) is 13.8. The molecule has 0 bridgehead atoms. The van der Waals surface area contributed by atoms with Crippen molar-refractivity contribution in [2.75, 3.05) is 29.5 Å². The Hall–Kier alpha value is -5.72. The van der Waals surface area contributed by atoms with Crippen LogP contribution in [0.3, 0.4) is 0 Å². The van der Waals surface area contributed by atoms with Crippen molar-refractivity contribution in [3.05, 3.63) is 115 Å². The number of alkyl halides is 3. The van der Waals surface area contributed by atoms with Gasteiger partial charge in [0.1, 0.15) is 0 Å². The molecule has 17 nitrogen and oxygen atoms in total. The molecule has 4 aromatic heterocycles. The number of benzene rings is 2. The van der Waals surface area contributed by atoms with Crippen LogP contribution in [0.4, 0.5) is 24.8 Å². The van der Waals surface area contributed by atoms with Crippen LogP contribution in [0.25, 0.3) is 11.6 Å². The Morgan fingerprint density at radius 3 is 1.60 bits per heavy atom. The summed E-state index contributed by atoms with van der Waals surface area (Å²) < 4.78 is 108. The number of sulfonamides is 2. The molecule has 2 atom stereocenters. The number of nitrogens with one attached hydrogen (secondary N) is 2. The Morgan fingerprint density at radius 2 is 1.14 bits per heavy atom. The summed E-state index contributed by atoms with van der Waals surface area (Å²) in [5.74, 6) is 14.2. The zero-order valence-electron chi connectivity index (χ0n) is 47.5. The van der Waals surface area contributed by atoms with E-state index in [-0.39, 0.29) is 63.7 Å². The van der Waals surface area contributed by atoms with Gasteiger partial charge in [-0.25, -0.2) is 0 Å². The predicted molar refractivity (Wildman–Crippen MR) is 309 cm³/mol. The number of nitrogens with zero attached hydrogens (tertiary/aromatic N) is 8. The van der Waals surface area contributed by atoms with E-state index in [0.717, 1.165) is 28.3 Å². The molecule has 1 saturated carbocycles. The Bertz CT molecular complexity index is 3500. The van der Waals surface area contributed by atoms with Crippen molar-refractivity contribution in [2.24, 2.45) is 17.3 Å². The van der Waals surface area contributed by atoms with Gasteiger partial charge in [0, 0.05) is 0 Å². The summed E-state index contributed by atoms with van der Waals surface area (Å²) in [7, 11) is -8.21. The Labute approximate surface area is 473 Å². The fourth-order valence-corrected chi connectivity index (χ4v) is 20.3. The van der Waals surface area contributed by atoms with Gasteiger partial charge in [0.25, 0.3) is 0 Å². The average molecular weight is 1260 g/mol. The number of hydrogen-bond acceptors (Lipinski definition) is 13. The van der Waals surface area contributed by atoms with Gasteiger partial charge in [-0.3, -0.25) is 0 Å². The van der Waals surface area contributed by atoms with Crippen molar-refractivity contribution >= 4 is 79.0 Å². The maximum absolute atomic E-state index is 13.7. The predicted octanol–water partition coefficient (Wildman–Crippen LogP) is 9.22. The molecule has 0 radical (unpaired) electrons. The van der Waals surface area contributed by atoms with Gasteiger partial charge in [0.15, 0.2) is 0 Å². The first-order chi connectivity index (χ1) is 37.1. The molecule has 430 valence electrons. The summed E-state index contributed by atoms with van der Waals surface area (Å²) in [5, 5.41) is 9.12. The van der Waals surface area contributed by atoms with Gasteiger partial charge in [0.05, 0.1) is 12.0 Å². The molecule has 24 heteroatoms. The number of carbonyl (C=O) groups is 2. The van der Waals surface area contributed by atoms with Crippen LogP contribution in [-0.4, -0.2) is 122 Å². The van der Waals surface area contributed by atoms with Crippen molar-refractivity contribution in [2.45, 2.75) is 135 Å². The molecule has 3 fully saturated rings. The molecule has 80 heavy (non-hydrogen) atoms. The molecule has 2 aliphatic heterocycles. The summed E-state index contributed by atoms with van der Waals surface area (Å²) in [5.41, 5.74) is -1.95. The average Bonchev–Trinajstić information content (AvgIpc) is 3.62. The van der Waals surface area contributed by atoms with E-state index >= 15 is 0 Å². The van der Waals surface area contributed by atoms with Crippen LogP contribution >= 0.6 is 0 Å².